The molecule has 1 fully saturated rings. The summed E-state index contributed by atoms with van der Waals surface area (Å²) < 4.78 is 1.67. The van der Waals surface area contributed by atoms with E-state index >= 15 is 0 Å². The Morgan fingerprint density at radius 1 is 1.31 bits per heavy atom. The topological polar surface area (TPSA) is 87.5 Å². The number of amides is 2. The van der Waals surface area contributed by atoms with Gasteiger partial charge in [-0.1, -0.05) is 23.7 Å². The van der Waals surface area contributed by atoms with E-state index in [9.17, 15) is 14.7 Å². The molecule has 2 N–H and O–H groups in total. The number of carbonyl (C=O) groups is 2. The summed E-state index contributed by atoms with van der Waals surface area (Å²) in [4.78, 5) is 25.6. The second-order valence-corrected chi connectivity index (χ2v) is 6.91. The van der Waals surface area contributed by atoms with Crippen LogP contribution in [-0.2, 0) is 11.8 Å². The fraction of sp³-hybridized carbons (Fsp3) is 0.389. The Labute approximate surface area is 156 Å². The summed E-state index contributed by atoms with van der Waals surface area (Å²) >= 11 is 5.97. The molecule has 0 radical (unpaired) electrons. The van der Waals surface area contributed by atoms with Gasteiger partial charge in [-0.3, -0.25) is 9.48 Å². The second-order valence-electron chi connectivity index (χ2n) is 6.47. The number of hydrogen-bond donors (Lipinski definition) is 2. The van der Waals surface area contributed by atoms with Gasteiger partial charge in [0.05, 0.1) is 11.6 Å². The molecule has 138 valence electrons. The lowest BCUT2D eigenvalue weighted by Gasteiger charge is -2.32. The van der Waals surface area contributed by atoms with Gasteiger partial charge in [-0.15, -0.1) is 0 Å². The molecular formula is C18H21ClN4O3. The van der Waals surface area contributed by atoms with Gasteiger partial charge in [-0.25, -0.2) is 4.79 Å². The van der Waals surface area contributed by atoms with Crippen LogP contribution in [0, 0.1) is 5.92 Å². The number of carboxylic acids is 1. The fourth-order valence-electron chi connectivity index (χ4n) is 3.15. The molecule has 3 rings (SSSR count). The van der Waals surface area contributed by atoms with E-state index in [2.05, 4.69) is 10.4 Å². The number of nitrogens with zero attached hydrogens (tertiary/aromatic N) is 3. The van der Waals surface area contributed by atoms with Gasteiger partial charge in [-0.05, 0) is 36.6 Å². The van der Waals surface area contributed by atoms with E-state index in [-0.39, 0.29) is 12.6 Å². The number of piperidine rings is 1. The van der Waals surface area contributed by atoms with Crippen LogP contribution in [0.1, 0.15) is 30.1 Å². The number of benzene rings is 1. The van der Waals surface area contributed by atoms with Crippen LogP contribution in [0.2, 0.25) is 5.02 Å². The molecule has 1 aliphatic rings. The number of urea groups is 1. The Kier molecular flexibility index (Phi) is 5.46. The van der Waals surface area contributed by atoms with E-state index in [0.717, 1.165) is 5.56 Å². The highest BCUT2D eigenvalue weighted by atomic mass is 35.5. The molecule has 2 atom stereocenters. The largest absolute Gasteiger partial charge is 0.481 e. The summed E-state index contributed by atoms with van der Waals surface area (Å²) in [7, 11) is 1.81. The zero-order chi connectivity index (χ0) is 18.7. The van der Waals surface area contributed by atoms with Crippen LogP contribution < -0.4 is 5.32 Å². The molecule has 26 heavy (non-hydrogen) atoms. The van der Waals surface area contributed by atoms with E-state index in [1.54, 1.807) is 21.7 Å². The highest BCUT2D eigenvalue weighted by Gasteiger charge is 2.30. The van der Waals surface area contributed by atoms with E-state index in [1.807, 2.05) is 31.4 Å². The number of rotatable bonds is 4. The number of aliphatic carboxylic acids is 1. The van der Waals surface area contributed by atoms with Gasteiger partial charge < -0.3 is 15.3 Å². The van der Waals surface area contributed by atoms with E-state index in [4.69, 9.17) is 11.6 Å². The first-order valence-corrected chi connectivity index (χ1v) is 8.85. The van der Waals surface area contributed by atoms with Crippen molar-refractivity contribution in [1.29, 1.82) is 0 Å². The number of aromatic nitrogens is 2. The van der Waals surface area contributed by atoms with Crippen molar-refractivity contribution in [2.75, 3.05) is 13.1 Å². The minimum absolute atomic E-state index is 0.219. The third-order valence-corrected chi connectivity index (χ3v) is 4.81. The Morgan fingerprint density at radius 2 is 2.04 bits per heavy atom. The van der Waals surface area contributed by atoms with E-state index in [0.29, 0.717) is 30.1 Å². The molecule has 1 aromatic heterocycles. The van der Waals surface area contributed by atoms with Gasteiger partial charge in [0.15, 0.2) is 0 Å². The van der Waals surface area contributed by atoms with Crippen molar-refractivity contribution in [2.45, 2.75) is 18.9 Å². The van der Waals surface area contributed by atoms with Crippen molar-refractivity contribution in [2.24, 2.45) is 13.0 Å². The Balaban J connectivity index is 1.80. The Bertz CT molecular complexity index is 790. The van der Waals surface area contributed by atoms with Crippen molar-refractivity contribution in [3.63, 3.8) is 0 Å². The highest BCUT2D eigenvalue weighted by Crippen LogP contribution is 2.24. The van der Waals surface area contributed by atoms with Crippen molar-refractivity contribution in [3.05, 3.63) is 52.8 Å². The van der Waals surface area contributed by atoms with Crippen molar-refractivity contribution < 1.29 is 14.7 Å². The monoisotopic (exact) mass is 376 g/mol. The molecule has 1 aromatic carbocycles. The van der Waals surface area contributed by atoms with Gasteiger partial charge in [0.2, 0.25) is 0 Å². The summed E-state index contributed by atoms with van der Waals surface area (Å²) in [6.45, 7) is 0.766. The van der Waals surface area contributed by atoms with Crippen LogP contribution in [0.3, 0.4) is 0 Å². The maximum atomic E-state index is 12.8. The van der Waals surface area contributed by atoms with Gasteiger partial charge in [0.25, 0.3) is 0 Å². The molecule has 0 bridgehead atoms. The molecular weight excluding hydrogens is 356 g/mol. The Hall–Kier alpha value is -2.54. The number of carboxylic acid groups (broad SMARTS) is 1. The minimum Gasteiger partial charge on any atom is -0.481 e. The maximum absolute atomic E-state index is 12.8. The SMILES string of the molecule is Cn1ccc(C(NC(=O)N2CCCC(C(=O)O)C2)c2ccc(Cl)cc2)n1. The molecule has 0 spiro atoms. The van der Waals surface area contributed by atoms with Crippen LogP contribution in [0.4, 0.5) is 4.79 Å². The highest BCUT2D eigenvalue weighted by molar-refractivity contribution is 6.30. The lowest BCUT2D eigenvalue weighted by Crippen LogP contribution is -2.48. The smallest absolute Gasteiger partial charge is 0.318 e. The lowest BCUT2D eigenvalue weighted by molar-refractivity contribution is -0.143. The molecule has 2 aromatic rings. The van der Waals surface area contributed by atoms with Crippen LogP contribution in [0.5, 0.6) is 0 Å². The summed E-state index contributed by atoms with van der Waals surface area (Å²) in [6, 6.07) is 8.33. The van der Waals surface area contributed by atoms with Gasteiger partial charge in [0.1, 0.15) is 6.04 Å². The van der Waals surface area contributed by atoms with E-state index in [1.165, 1.54) is 0 Å². The van der Waals surface area contributed by atoms with Crippen molar-refractivity contribution >= 4 is 23.6 Å². The summed E-state index contributed by atoms with van der Waals surface area (Å²) in [5.41, 5.74) is 1.56. The first-order valence-electron chi connectivity index (χ1n) is 8.47. The molecule has 2 amide bonds. The minimum atomic E-state index is -0.860. The molecule has 2 unspecified atom stereocenters. The van der Waals surface area contributed by atoms with Gasteiger partial charge >= 0.3 is 12.0 Å². The van der Waals surface area contributed by atoms with Crippen LogP contribution in [-0.4, -0.2) is 44.9 Å². The standard InChI is InChI=1S/C18H21ClN4O3/c1-22-10-8-15(21-22)16(12-4-6-14(19)7-5-12)20-18(26)23-9-2-3-13(11-23)17(24)25/h4-8,10,13,16H,2-3,9,11H2,1H3,(H,20,26)(H,24,25). The summed E-state index contributed by atoms with van der Waals surface area (Å²) in [5.74, 6) is -1.38. The number of aryl methyl sites for hydroxylation is 1. The molecule has 0 saturated carbocycles. The number of nitrogens with one attached hydrogen (secondary N) is 1. The predicted molar refractivity (Wildman–Crippen MR) is 97.0 cm³/mol. The van der Waals surface area contributed by atoms with Crippen LogP contribution in [0.15, 0.2) is 36.5 Å². The lowest BCUT2D eigenvalue weighted by atomic mass is 9.98. The Morgan fingerprint density at radius 3 is 2.65 bits per heavy atom. The first kappa shape index (κ1) is 18.3. The number of halogens is 1. The van der Waals surface area contributed by atoms with Crippen molar-refractivity contribution in [1.82, 2.24) is 20.0 Å². The van der Waals surface area contributed by atoms with Crippen LogP contribution in [0.25, 0.3) is 0 Å². The zero-order valence-corrected chi connectivity index (χ0v) is 15.2. The predicted octanol–water partition coefficient (Wildman–Crippen LogP) is 2.67. The quantitative estimate of drug-likeness (QED) is 0.858. The number of likely N-dealkylation sites (tertiary alicyclic amines) is 1. The van der Waals surface area contributed by atoms with Gasteiger partial charge in [0, 0.05) is 31.4 Å². The average Bonchev–Trinajstić information content (AvgIpc) is 3.06. The molecule has 8 heteroatoms. The number of hydrogen-bond acceptors (Lipinski definition) is 3. The third-order valence-electron chi connectivity index (χ3n) is 4.56. The summed E-state index contributed by atoms with van der Waals surface area (Å²) in [5, 5.41) is 17.2. The molecule has 2 heterocycles. The van der Waals surface area contributed by atoms with Gasteiger partial charge in [-0.2, -0.15) is 5.10 Å². The molecule has 1 saturated heterocycles. The normalized spacial score (nSPS) is 18.4. The molecule has 1 aliphatic heterocycles. The second kappa shape index (κ2) is 7.78. The fourth-order valence-corrected chi connectivity index (χ4v) is 3.27. The number of carbonyl (C=O) groups excluding carboxylic acids is 1. The third kappa shape index (κ3) is 4.16. The zero-order valence-electron chi connectivity index (χ0n) is 14.4. The maximum Gasteiger partial charge on any atom is 0.318 e. The average molecular weight is 377 g/mol. The molecule has 7 nitrogen and oxygen atoms in total. The van der Waals surface area contributed by atoms with Crippen LogP contribution >= 0.6 is 11.6 Å². The van der Waals surface area contributed by atoms with Crippen molar-refractivity contribution in [3.8, 4) is 0 Å². The summed E-state index contributed by atoms with van der Waals surface area (Å²) in [6.07, 6.45) is 3.09. The first-order chi connectivity index (χ1) is 12.4. The molecule has 0 aliphatic carbocycles. The van der Waals surface area contributed by atoms with E-state index < -0.39 is 17.9 Å².